The number of hydrogen-bond donors (Lipinski definition) is 0. The van der Waals surface area contributed by atoms with Crippen molar-refractivity contribution in [3.63, 3.8) is 0 Å². The maximum absolute atomic E-state index is 12.5. The van der Waals surface area contributed by atoms with Crippen LogP contribution >= 0.6 is 24.0 Å². The van der Waals surface area contributed by atoms with Crippen LogP contribution in [0.15, 0.2) is 29.2 Å². The lowest BCUT2D eigenvalue weighted by Gasteiger charge is -2.13. The van der Waals surface area contributed by atoms with Crippen molar-refractivity contribution >= 4 is 51.9 Å². The number of nitro groups is 1. The van der Waals surface area contributed by atoms with Gasteiger partial charge in [-0.3, -0.25) is 24.6 Å². The molecular formula is C16H16N2O5S2. The van der Waals surface area contributed by atoms with Gasteiger partial charge in [-0.1, -0.05) is 36.1 Å². The van der Waals surface area contributed by atoms with Crippen molar-refractivity contribution in [3.8, 4) is 0 Å². The fourth-order valence-corrected chi connectivity index (χ4v) is 3.52. The lowest BCUT2D eigenvalue weighted by atomic mass is 10.1. The standard InChI is InChI=1S/C16H16N2O5S2/c1-2-23-14(19)8-5-9-17-15(20)13(25-16(17)24)10-11-6-3-4-7-12(11)18(21)22/h3-4,6-7,10H,2,5,8-9H2,1H3/b13-10-. The molecule has 1 heterocycles. The summed E-state index contributed by atoms with van der Waals surface area (Å²) in [6, 6.07) is 6.19. The summed E-state index contributed by atoms with van der Waals surface area (Å²) in [7, 11) is 0. The topological polar surface area (TPSA) is 89.8 Å². The molecule has 0 spiro atoms. The summed E-state index contributed by atoms with van der Waals surface area (Å²) in [6.07, 6.45) is 2.11. The van der Waals surface area contributed by atoms with Crippen molar-refractivity contribution in [2.24, 2.45) is 0 Å². The second kappa shape index (κ2) is 8.72. The molecule has 0 bridgehead atoms. The number of esters is 1. The highest BCUT2D eigenvalue weighted by atomic mass is 32.2. The number of carbonyl (C=O) groups excluding carboxylic acids is 2. The van der Waals surface area contributed by atoms with E-state index in [1.165, 1.54) is 17.0 Å². The fraction of sp³-hybridized carbons (Fsp3) is 0.312. The molecule has 2 rings (SSSR count). The van der Waals surface area contributed by atoms with Crippen LogP contribution < -0.4 is 0 Å². The van der Waals surface area contributed by atoms with Crippen LogP contribution in [0.4, 0.5) is 5.69 Å². The van der Waals surface area contributed by atoms with Crippen LogP contribution in [-0.2, 0) is 14.3 Å². The molecule has 132 valence electrons. The molecule has 1 saturated heterocycles. The van der Waals surface area contributed by atoms with Crippen molar-refractivity contribution in [1.29, 1.82) is 0 Å². The third-order valence-corrected chi connectivity index (χ3v) is 4.74. The molecule has 0 saturated carbocycles. The zero-order valence-electron chi connectivity index (χ0n) is 13.5. The van der Waals surface area contributed by atoms with Gasteiger partial charge in [0.25, 0.3) is 11.6 Å². The van der Waals surface area contributed by atoms with Gasteiger partial charge in [-0.25, -0.2) is 0 Å². The quantitative estimate of drug-likeness (QED) is 0.236. The normalized spacial score (nSPS) is 15.7. The minimum Gasteiger partial charge on any atom is -0.466 e. The average molecular weight is 380 g/mol. The van der Waals surface area contributed by atoms with E-state index in [9.17, 15) is 19.7 Å². The predicted molar refractivity (Wildman–Crippen MR) is 98.8 cm³/mol. The van der Waals surface area contributed by atoms with Gasteiger partial charge in [0.05, 0.1) is 22.0 Å². The summed E-state index contributed by atoms with van der Waals surface area (Å²) >= 11 is 6.30. The number of ether oxygens (including phenoxy) is 1. The molecule has 0 N–H and O–H groups in total. The van der Waals surface area contributed by atoms with Crippen molar-refractivity contribution < 1.29 is 19.2 Å². The Morgan fingerprint density at radius 1 is 1.44 bits per heavy atom. The van der Waals surface area contributed by atoms with Gasteiger partial charge < -0.3 is 4.74 Å². The minimum atomic E-state index is -0.494. The van der Waals surface area contributed by atoms with Crippen LogP contribution in [0.5, 0.6) is 0 Å². The van der Waals surface area contributed by atoms with E-state index in [4.69, 9.17) is 17.0 Å². The number of thiocarbonyl (C=S) groups is 1. The summed E-state index contributed by atoms with van der Waals surface area (Å²) in [5.41, 5.74) is 0.273. The van der Waals surface area contributed by atoms with E-state index in [0.29, 0.717) is 34.4 Å². The molecule has 0 unspecified atom stereocenters. The average Bonchev–Trinajstić information content (AvgIpc) is 2.83. The number of para-hydroxylation sites is 1. The molecule has 1 fully saturated rings. The van der Waals surface area contributed by atoms with E-state index < -0.39 is 4.92 Å². The first-order valence-electron chi connectivity index (χ1n) is 7.58. The number of thioether (sulfide) groups is 1. The van der Waals surface area contributed by atoms with Crippen molar-refractivity contribution in [2.75, 3.05) is 13.2 Å². The summed E-state index contributed by atoms with van der Waals surface area (Å²) in [4.78, 5) is 36.1. The molecule has 1 aliphatic rings. The number of rotatable bonds is 7. The predicted octanol–water partition coefficient (Wildman–Crippen LogP) is 3.14. The molecule has 9 heteroatoms. The van der Waals surface area contributed by atoms with Gasteiger partial charge in [0.1, 0.15) is 4.32 Å². The van der Waals surface area contributed by atoms with Gasteiger partial charge in [0, 0.05) is 19.0 Å². The van der Waals surface area contributed by atoms with Crippen molar-refractivity contribution in [1.82, 2.24) is 4.90 Å². The molecule has 25 heavy (non-hydrogen) atoms. The number of amides is 1. The molecule has 0 aromatic heterocycles. The van der Waals surface area contributed by atoms with Crippen molar-refractivity contribution in [2.45, 2.75) is 19.8 Å². The molecule has 1 aliphatic heterocycles. The lowest BCUT2D eigenvalue weighted by molar-refractivity contribution is -0.385. The molecule has 0 radical (unpaired) electrons. The maximum atomic E-state index is 12.5. The third-order valence-electron chi connectivity index (χ3n) is 3.36. The van der Waals surface area contributed by atoms with Crippen LogP contribution in [0, 0.1) is 10.1 Å². The van der Waals surface area contributed by atoms with Crippen LogP contribution in [0.2, 0.25) is 0 Å². The van der Waals surface area contributed by atoms with Crippen LogP contribution in [0.25, 0.3) is 6.08 Å². The second-order valence-corrected chi connectivity index (χ2v) is 6.73. The Balaban J connectivity index is 2.08. The van der Waals surface area contributed by atoms with Crippen molar-refractivity contribution in [3.05, 3.63) is 44.8 Å². The van der Waals surface area contributed by atoms with Gasteiger partial charge in [-0.15, -0.1) is 0 Å². The summed E-state index contributed by atoms with van der Waals surface area (Å²) < 4.78 is 5.21. The Kier molecular flexibility index (Phi) is 6.65. The SMILES string of the molecule is CCOC(=O)CCCN1C(=O)/C(=C/c2ccccc2[N+](=O)[O-])SC1=S. The third kappa shape index (κ3) is 4.86. The Labute approximate surface area is 154 Å². The van der Waals surface area contributed by atoms with E-state index in [-0.39, 0.29) is 24.0 Å². The summed E-state index contributed by atoms with van der Waals surface area (Å²) in [5, 5.41) is 11.1. The first-order chi connectivity index (χ1) is 11.9. The van der Waals surface area contributed by atoms with Crippen LogP contribution in [0.3, 0.4) is 0 Å². The Bertz CT molecular complexity index is 748. The van der Waals surface area contributed by atoms with E-state index in [1.54, 1.807) is 25.1 Å². The monoisotopic (exact) mass is 380 g/mol. The van der Waals surface area contributed by atoms with E-state index >= 15 is 0 Å². The number of hydrogen-bond acceptors (Lipinski definition) is 7. The summed E-state index contributed by atoms with van der Waals surface area (Å²) in [6.45, 7) is 2.35. The van der Waals surface area contributed by atoms with Gasteiger partial charge in [0.15, 0.2) is 0 Å². The van der Waals surface area contributed by atoms with Crippen LogP contribution in [0.1, 0.15) is 25.3 Å². The smallest absolute Gasteiger partial charge is 0.305 e. The highest BCUT2D eigenvalue weighted by Gasteiger charge is 2.32. The zero-order valence-corrected chi connectivity index (χ0v) is 15.1. The fourth-order valence-electron chi connectivity index (χ4n) is 2.22. The number of benzene rings is 1. The molecule has 1 amide bonds. The molecule has 1 aromatic rings. The Morgan fingerprint density at radius 3 is 2.84 bits per heavy atom. The maximum Gasteiger partial charge on any atom is 0.305 e. The van der Waals surface area contributed by atoms with Crippen LogP contribution in [-0.4, -0.2) is 39.2 Å². The highest BCUT2D eigenvalue weighted by molar-refractivity contribution is 8.26. The molecule has 0 atom stereocenters. The number of nitrogens with zero attached hydrogens (tertiary/aromatic N) is 2. The van der Waals surface area contributed by atoms with E-state index in [1.807, 2.05) is 0 Å². The van der Waals surface area contributed by atoms with Gasteiger partial charge in [-0.05, 0) is 25.5 Å². The highest BCUT2D eigenvalue weighted by Crippen LogP contribution is 2.34. The number of nitro benzene ring substituents is 1. The lowest BCUT2D eigenvalue weighted by Crippen LogP contribution is -2.29. The molecule has 1 aromatic carbocycles. The number of carbonyl (C=O) groups is 2. The Hall–Kier alpha value is -2.26. The molecular weight excluding hydrogens is 364 g/mol. The Morgan fingerprint density at radius 2 is 2.16 bits per heavy atom. The molecule has 0 aliphatic carbocycles. The van der Waals surface area contributed by atoms with Gasteiger partial charge in [0.2, 0.25) is 0 Å². The van der Waals surface area contributed by atoms with E-state index in [2.05, 4.69) is 0 Å². The first kappa shape index (κ1) is 19.1. The summed E-state index contributed by atoms with van der Waals surface area (Å²) in [5.74, 6) is -0.625. The molecule has 7 nitrogen and oxygen atoms in total. The van der Waals surface area contributed by atoms with E-state index in [0.717, 1.165) is 11.8 Å². The minimum absolute atomic E-state index is 0.0740. The zero-order chi connectivity index (χ0) is 18.4. The largest absolute Gasteiger partial charge is 0.466 e. The second-order valence-electron chi connectivity index (χ2n) is 5.06. The van der Waals surface area contributed by atoms with Gasteiger partial charge >= 0.3 is 5.97 Å². The van der Waals surface area contributed by atoms with Gasteiger partial charge in [-0.2, -0.15) is 0 Å². The first-order valence-corrected chi connectivity index (χ1v) is 8.81.